The van der Waals surface area contributed by atoms with Crippen LogP contribution in [-0.2, 0) is 34.4 Å². The molecule has 0 unspecified atom stereocenters. The number of carbonyl (C=O) groups excluding carboxylic acids is 3. The van der Waals surface area contributed by atoms with Gasteiger partial charge in [-0.25, -0.2) is 16.8 Å². The lowest BCUT2D eigenvalue weighted by Crippen LogP contribution is -2.59. The predicted octanol–water partition coefficient (Wildman–Crippen LogP) is 1.97. The minimum absolute atomic E-state index is 0.0108. The molecule has 3 amide bonds. The zero-order valence-corrected chi connectivity index (χ0v) is 27.9. The molecular weight excluding hydrogens is 631 g/mol. The zero-order chi connectivity index (χ0) is 33.1. The molecule has 46 heavy (non-hydrogen) atoms. The molecule has 250 valence electrons. The molecular formula is C32H43N5O7S2. The first kappa shape index (κ1) is 34.0. The molecule has 2 aromatic carbocycles. The Morgan fingerprint density at radius 3 is 1.41 bits per heavy atom. The topological polar surface area (TPSA) is 162 Å². The molecule has 1 aliphatic heterocycles. The Balaban J connectivity index is 1.54. The number of hydrogen-bond donors (Lipinski definition) is 3. The SMILES string of the molecule is Cc1ccc(S(=O)(=O)N2CC(=O)NCC(=O)N[C@@H]3CCCC[C@H]3N(S(=O)(=O)c3ccc(C)cc3)CC(=O)N[C@@H]3CCCC[C@H]32)cc1. The van der Waals surface area contributed by atoms with Gasteiger partial charge in [0.15, 0.2) is 0 Å². The molecule has 0 radical (unpaired) electrons. The third-order valence-corrected chi connectivity index (χ3v) is 13.0. The van der Waals surface area contributed by atoms with Crippen molar-refractivity contribution in [1.29, 1.82) is 0 Å². The third kappa shape index (κ3) is 7.62. The number of sulfonamides is 2. The number of nitrogens with one attached hydrogen (secondary N) is 3. The second-order valence-electron chi connectivity index (χ2n) is 12.6. The molecule has 2 aromatic rings. The van der Waals surface area contributed by atoms with Gasteiger partial charge >= 0.3 is 0 Å². The molecule has 3 aliphatic rings. The summed E-state index contributed by atoms with van der Waals surface area (Å²) in [5.41, 5.74) is 1.75. The van der Waals surface area contributed by atoms with Crippen molar-refractivity contribution >= 4 is 37.8 Å². The van der Waals surface area contributed by atoms with E-state index in [4.69, 9.17) is 0 Å². The lowest BCUT2D eigenvalue weighted by atomic mass is 9.89. The van der Waals surface area contributed by atoms with Crippen molar-refractivity contribution in [3.05, 3.63) is 59.7 Å². The van der Waals surface area contributed by atoms with Crippen molar-refractivity contribution in [3.8, 4) is 0 Å². The monoisotopic (exact) mass is 673 g/mol. The molecule has 3 fully saturated rings. The molecule has 5 rings (SSSR count). The van der Waals surface area contributed by atoms with E-state index in [1.807, 2.05) is 13.8 Å². The van der Waals surface area contributed by atoms with Crippen molar-refractivity contribution in [3.63, 3.8) is 0 Å². The average molecular weight is 674 g/mol. The lowest BCUT2D eigenvalue weighted by molar-refractivity contribution is -0.127. The number of hydrogen-bond acceptors (Lipinski definition) is 7. The number of amides is 3. The first-order valence-corrected chi connectivity index (χ1v) is 18.8. The highest BCUT2D eigenvalue weighted by Gasteiger charge is 2.43. The highest BCUT2D eigenvalue weighted by Crippen LogP contribution is 2.31. The summed E-state index contributed by atoms with van der Waals surface area (Å²) < 4.78 is 58.7. The van der Waals surface area contributed by atoms with Crippen molar-refractivity contribution < 1.29 is 31.2 Å². The van der Waals surface area contributed by atoms with Crippen LogP contribution < -0.4 is 16.0 Å². The first-order chi connectivity index (χ1) is 21.9. The molecule has 1 heterocycles. The number of benzene rings is 2. The Bertz CT molecular complexity index is 1650. The van der Waals surface area contributed by atoms with Crippen molar-refractivity contribution in [2.75, 3.05) is 19.6 Å². The second-order valence-corrected chi connectivity index (χ2v) is 16.3. The minimum Gasteiger partial charge on any atom is -0.351 e. The van der Waals surface area contributed by atoms with Gasteiger partial charge in [0.05, 0.1) is 29.4 Å². The Hall–Kier alpha value is -3.33. The molecule has 0 aromatic heterocycles. The van der Waals surface area contributed by atoms with Crippen LogP contribution in [0.4, 0.5) is 0 Å². The quantitative estimate of drug-likeness (QED) is 0.447. The van der Waals surface area contributed by atoms with Gasteiger partial charge in [0, 0.05) is 24.2 Å². The van der Waals surface area contributed by atoms with E-state index in [2.05, 4.69) is 16.0 Å². The first-order valence-electron chi connectivity index (χ1n) is 15.9. The van der Waals surface area contributed by atoms with Gasteiger partial charge in [0.25, 0.3) is 0 Å². The zero-order valence-electron chi connectivity index (χ0n) is 26.3. The van der Waals surface area contributed by atoms with E-state index in [1.165, 1.54) is 28.6 Å². The van der Waals surface area contributed by atoms with Gasteiger partial charge < -0.3 is 16.0 Å². The summed E-state index contributed by atoms with van der Waals surface area (Å²) >= 11 is 0. The van der Waals surface area contributed by atoms with E-state index < -0.39 is 81.6 Å². The van der Waals surface area contributed by atoms with Gasteiger partial charge in [-0.1, -0.05) is 61.1 Å². The van der Waals surface area contributed by atoms with Gasteiger partial charge in [-0.15, -0.1) is 0 Å². The summed E-state index contributed by atoms with van der Waals surface area (Å²) in [5.74, 6) is -1.75. The van der Waals surface area contributed by atoms with E-state index in [-0.39, 0.29) is 9.79 Å². The fourth-order valence-corrected chi connectivity index (χ4v) is 10.0. The number of nitrogens with zero attached hydrogens (tertiary/aromatic N) is 2. The Kier molecular flexibility index (Phi) is 10.5. The summed E-state index contributed by atoms with van der Waals surface area (Å²) in [7, 11) is -8.38. The molecule has 2 aliphatic carbocycles. The van der Waals surface area contributed by atoms with Crippen LogP contribution in [0.1, 0.15) is 62.5 Å². The third-order valence-electron chi connectivity index (χ3n) is 9.19. The fraction of sp³-hybridized carbons (Fsp3) is 0.531. The second kappa shape index (κ2) is 14.2. The highest BCUT2D eigenvalue weighted by molar-refractivity contribution is 7.89. The van der Waals surface area contributed by atoms with Crippen LogP contribution >= 0.6 is 0 Å². The van der Waals surface area contributed by atoms with E-state index in [9.17, 15) is 31.2 Å². The van der Waals surface area contributed by atoms with Crippen LogP contribution in [-0.4, -0.2) is 87.0 Å². The van der Waals surface area contributed by atoms with Gasteiger partial charge in [-0.05, 0) is 63.8 Å². The van der Waals surface area contributed by atoms with E-state index >= 15 is 0 Å². The number of aryl methyl sites for hydroxylation is 2. The average Bonchev–Trinajstić information content (AvgIpc) is 3.02. The molecule has 12 nitrogen and oxygen atoms in total. The molecule has 4 atom stereocenters. The van der Waals surface area contributed by atoms with Crippen molar-refractivity contribution in [2.24, 2.45) is 0 Å². The molecule has 1 saturated heterocycles. The predicted molar refractivity (Wildman–Crippen MR) is 172 cm³/mol. The minimum atomic E-state index is -4.20. The number of fused-ring (bicyclic) bond motifs is 2. The summed E-state index contributed by atoms with van der Waals surface area (Å²) in [6, 6.07) is 10.0. The van der Waals surface area contributed by atoms with Crippen molar-refractivity contribution in [1.82, 2.24) is 24.6 Å². The maximum Gasteiger partial charge on any atom is 0.243 e. The van der Waals surface area contributed by atoms with Crippen LogP contribution in [0.3, 0.4) is 0 Å². The van der Waals surface area contributed by atoms with Crippen LogP contribution in [0.2, 0.25) is 0 Å². The van der Waals surface area contributed by atoms with Gasteiger partial charge in [0.2, 0.25) is 37.8 Å². The maximum atomic E-state index is 14.2. The largest absolute Gasteiger partial charge is 0.351 e. The van der Waals surface area contributed by atoms with Crippen LogP contribution in [0.15, 0.2) is 58.3 Å². The molecule has 0 spiro atoms. The maximum absolute atomic E-state index is 14.2. The number of rotatable bonds is 4. The smallest absolute Gasteiger partial charge is 0.243 e. The fourth-order valence-electron chi connectivity index (χ4n) is 6.73. The molecule has 2 saturated carbocycles. The van der Waals surface area contributed by atoms with Gasteiger partial charge in [0.1, 0.15) is 0 Å². The van der Waals surface area contributed by atoms with Gasteiger partial charge in [-0.3, -0.25) is 14.4 Å². The molecule has 3 N–H and O–H groups in total. The summed E-state index contributed by atoms with van der Waals surface area (Å²) in [6.45, 7) is 2.24. The summed E-state index contributed by atoms with van der Waals surface area (Å²) in [5, 5.41) is 8.41. The molecule has 14 heteroatoms. The summed E-state index contributed by atoms with van der Waals surface area (Å²) in [4.78, 5) is 40.2. The molecule has 0 bridgehead atoms. The highest BCUT2D eigenvalue weighted by atomic mass is 32.2. The summed E-state index contributed by atoms with van der Waals surface area (Å²) in [6.07, 6.45) is 4.65. The van der Waals surface area contributed by atoms with Crippen molar-refractivity contribution in [2.45, 2.75) is 99.2 Å². The van der Waals surface area contributed by atoms with E-state index in [0.29, 0.717) is 38.5 Å². The van der Waals surface area contributed by atoms with Crippen LogP contribution in [0.25, 0.3) is 0 Å². The Morgan fingerprint density at radius 2 is 0.957 bits per heavy atom. The Labute approximate surface area is 271 Å². The normalized spacial score (nSPS) is 26.3. The standard InChI is InChI=1S/C32H43N5O7S2/c1-22-11-15-24(16-12-22)45(41,42)36-20-31(39)33-19-30(38)34-26-7-3-5-9-28(26)37(46(43,44)25-17-13-23(2)14-18-25)21-32(40)35-27-8-4-6-10-29(27)36/h11-18,26-29H,3-10,19-21H2,1-2H3,(H,33,39)(H,34,38)(H,35,40)/t26-,27-,28-,29-/m1/s1. The lowest BCUT2D eigenvalue weighted by Gasteiger charge is -2.40. The van der Waals surface area contributed by atoms with E-state index in [1.54, 1.807) is 24.3 Å². The Morgan fingerprint density at radius 1 is 0.565 bits per heavy atom. The van der Waals surface area contributed by atoms with Crippen LogP contribution in [0.5, 0.6) is 0 Å². The van der Waals surface area contributed by atoms with Crippen LogP contribution in [0, 0.1) is 13.8 Å². The van der Waals surface area contributed by atoms with Gasteiger partial charge in [-0.2, -0.15) is 8.61 Å². The number of carbonyl (C=O) groups is 3. The van der Waals surface area contributed by atoms with E-state index in [0.717, 1.165) is 28.3 Å².